The fraction of sp³-hybridized carbons (Fsp3) is 0.636. The molecule has 4 heteroatoms. The van der Waals surface area contributed by atoms with Gasteiger partial charge in [0.2, 0.25) is 0 Å². The largest absolute Gasteiger partial charge is 0.469 e. The first-order valence-electron chi connectivity index (χ1n) is 5.09. The predicted octanol–water partition coefficient (Wildman–Crippen LogP) is 2.22. The molecule has 0 bridgehead atoms. The maximum absolute atomic E-state index is 5.78. The number of nitrogens with one attached hydrogen (secondary N) is 1. The van der Waals surface area contributed by atoms with Crippen molar-refractivity contribution in [2.75, 3.05) is 13.2 Å². The maximum Gasteiger partial charge on any atom is 0.123 e. The Hall–Kier alpha value is -0.510. The molecule has 0 spiro atoms. The molecule has 1 aliphatic rings. The summed E-state index contributed by atoms with van der Waals surface area (Å²) in [5.41, 5.74) is -0.260. The molecule has 0 aromatic carbocycles. The van der Waals surface area contributed by atoms with Crippen LogP contribution in [0.1, 0.15) is 19.6 Å². The van der Waals surface area contributed by atoms with Crippen molar-refractivity contribution in [2.45, 2.75) is 26.0 Å². The molecule has 1 aromatic heterocycles. The molecule has 1 aromatic rings. The van der Waals surface area contributed by atoms with E-state index in [4.69, 9.17) is 9.15 Å². The summed E-state index contributed by atoms with van der Waals surface area (Å²) in [6.45, 7) is 6.09. The molecule has 3 nitrogen and oxygen atoms in total. The van der Waals surface area contributed by atoms with Gasteiger partial charge in [-0.15, -0.1) is 12.4 Å². The topological polar surface area (TPSA) is 34.4 Å². The first-order valence-corrected chi connectivity index (χ1v) is 5.09. The van der Waals surface area contributed by atoms with Crippen molar-refractivity contribution in [2.24, 2.45) is 5.92 Å². The van der Waals surface area contributed by atoms with Crippen molar-refractivity contribution in [1.82, 2.24) is 5.32 Å². The van der Waals surface area contributed by atoms with Crippen LogP contribution in [0.25, 0.3) is 0 Å². The van der Waals surface area contributed by atoms with Gasteiger partial charge in [0, 0.05) is 13.0 Å². The molecule has 1 aliphatic heterocycles. The summed E-state index contributed by atoms with van der Waals surface area (Å²) in [6.07, 6.45) is 2.48. The van der Waals surface area contributed by atoms with Crippen LogP contribution in [-0.4, -0.2) is 18.9 Å². The molecule has 2 unspecified atom stereocenters. The van der Waals surface area contributed by atoms with Crippen LogP contribution in [0.4, 0.5) is 0 Å². The molecule has 1 fully saturated rings. The lowest BCUT2D eigenvalue weighted by Crippen LogP contribution is -2.53. The minimum atomic E-state index is -0.260. The molecule has 15 heavy (non-hydrogen) atoms. The predicted molar refractivity (Wildman–Crippen MR) is 61.2 cm³/mol. The smallest absolute Gasteiger partial charge is 0.123 e. The van der Waals surface area contributed by atoms with E-state index < -0.39 is 0 Å². The van der Waals surface area contributed by atoms with Crippen LogP contribution >= 0.6 is 12.4 Å². The molecule has 0 saturated carbocycles. The third-order valence-electron chi connectivity index (χ3n) is 2.60. The fourth-order valence-electron chi connectivity index (χ4n) is 1.69. The molecule has 0 amide bonds. The second-order valence-electron chi connectivity index (χ2n) is 4.28. The highest BCUT2D eigenvalue weighted by molar-refractivity contribution is 5.85. The number of hydrogen-bond donors (Lipinski definition) is 1. The van der Waals surface area contributed by atoms with E-state index in [1.54, 1.807) is 6.26 Å². The number of rotatable bonds is 2. The average molecular weight is 232 g/mol. The van der Waals surface area contributed by atoms with Crippen molar-refractivity contribution in [1.29, 1.82) is 0 Å². The van der Waals surface area contributed by atoms with E-state index >= 15 is 0 Å². The van der Waals surface area contributed by atoms with Crippen LogP contribution in [0.2, 0.25) is 0 Å². The van der Waals surface area contributed by atoms with Gasteiger partial charge in [0.05, 0.1) is 12.9 Å². The van der Waals surface area contributed by atoms with Crippen LogP contribution in [0.3, 0.4) is 0 Å². The number of ether oxygens (including phenoxy) is 1. The highest BCUT2D eigenvalue weighted by Crippen LogP contribution is 2.20. The van der Waals surface area contributed by atoms with Crippen molar-refractivity contribution < 1.29 is 9.15 Å². The average Bonchev–Trinajstić information content (AvgIpc) is 2.63. The van der Waals surface area contributed by atoms with Crippen LogP contribution in [0.15, 0.2) is 22.8 Å². The number of furan rings is 1. The fourth-order valence-corrected chi connectivity index (χ4v) is 1.69. The zero-order chi connectivity index (χ0) is 10.0. The van der Waals surface area contributed by atoms with Gasteiger partial charge in [0.1, 0.15) is 11.5 Å². The lowest BCUT2D eigenvalue weighted by molar-refractivity contribution is -0.102. The van der Waals surface area contributed by atoms with E-state index in [1.807, 2.05) is 12.1 Å². The highest BCUT2D eigenvalue weighted by Gasteiger charge is 2.30. The summed E-state index contributed by atoms with van der Waals surface area (Å²) in [4.78, 5) is 0. The van der Waals surface area contributed by atoms with E-state index in [9.17, 15) is 0 Å². The normalized spacial score (nSPS) is 30.9. The molecule has 2 atom stereocenters. The van der Waals surface area contributed by atoms with E-state index in [0.29, 0.717) is 5.92 Å². The molecule has 2 rings (SSSR count). The molecule has 2 heterocycles. The molecule has 0 radical (unpaired) electrons. The van der Waals surface area contributed by atoms with Crippen LogP contribution < -0.4 is 5.32 Å². The lowest BCUT2D eigenvalue weighted by atomic mass is 10.1. The first kappa shape index (κ1) is 12.6. The summed E-state index contributed by atoms with van der Waals surface area (Å²) in [5, 5.41) is 3.40. The Kier molecular flexibility index (Phi) is 4.20. The second kappa shape index (κ2) is 5.01. The van der Waals surface area contributed by atoms with Gasteiger partial charge in [-0.05, 0) is 25.0 Å². The summed E-state index contributed by atoms with van der Waals surface area (Å²) in [6, 6.07) is 3.89. The molecule has 0 aliphatic carbocycles. The minimum absolute atomic E-state index is 0. The van der Waals surface area contributed by atoms with Gasteiger partial charge in [-0.1, -0.05) is 6.92 Å². The molecular formula is C11H18ClNO2. The van der Waals surface area contributed by atoms with Gasteiger partial charge >= 0.3 is 0 Å². The summed E-state index contributed by atoms with van der Waals surface area (Å²) in [5.74, 6) is 1.56. The Balaban J connectivity index is 0.00000112. The van der Waals surface area contributed by atoms with Crippen LogP contribution in [0.5, 0.6) is 0 Å². The van der Waals surface area contributed by atoms with Gasteiger partial charge in [-0.25, -0.2) is 0 Å². The number of hydrogen-bond acceptors (Lipinski definition) is 3. The Morgan fingerprint density at radius 3 is 2.93 bits per heavy atom. The summed E-state index contributed by atoms with van der Waals surface area (Å²) >= 11 is 0. The SMILES string of the molecule is CC1CNC(C)(Cc2ccco2)OC1.Cl. The van der Waals surface area contributed by atoms with Gasteiger partial charge in [0.15, 0.2) is 0 Å². The van der Waals surface area contributed by atoms with Crippen molar-refractivity contribution in [3.05, 3.63) is 24.2 Å². The second-order valence-corrected chi connectivity index (χ2v) is 4.28. The van der Waals surface area contributed by atoms with E-state index in [-0.39, 0.29) is 18.1 Å². The maximum atomic E-state index is 5.78. The molecule has 86 valence electrons. The van der Waals surface area contributed by atoms with Gasteiger partial charge < -0.3 is 9.15 Å². The zero-order valence-electron chi connectivity index (χ0n) is 9.16. The Bertz CT molecular complexity index is 279. The third-order valence-corrected chi connectivity index (χ3v) is 2.60. The molecule has 1 N–H and O–H groups in total. The standard InChI is InChI=1S/C11H17NO2.ClH/c1-9-7-12-11(2,14-8-9)6-10-4-3-5-13-10;/h3-5,9,12H,6-8H2,1-2H3;1H. The molecule has 1 saturated heterocycles. The Morgan fingerprint density at radius 1 is 1.60 bits per heavy atom. The van der Waals surface area contributed by atoms with Crippen molar-refractivity contribution in [3.8, 4) is 0 Å². The van der Waals surface area contributed by atoms with Crippen LogP contribution in [0, 0.1) is 5.92 Å². The van der Waals surface area contributed by atoms with E-state index in [2.05, 4.69) is 19.2 Å². The van der Waals surface area contributed by atoms with Gasteiger partial charge in [-0.2, -0.15) is 0 Å². The molecular weight excluding hydrogens is 214 g/mol. The van der Waals surface area contributed by atoms with E-state index in [0.717, 1.165) is 25.3 Å². The van der Waals surface area contributed by atoms with E-state index in [1.165, 1.54) is 0 Å². The minimum Gasteiger partial charge on any atom is -0.469 e. The van der Waals surface area contributed by atoms with Gasteiger partial charge in [0.25, 0.3) is 0 Å². The lowest BCUT2D eigenvalue weighted by Gasteiger charge is -2.37. The number of halogens is 1. The zero-order valence-corrected chi connectivity index (χ0v) is 9.97. The monoisotopic (exact) mass is 231 g/mol. The Morgan fingerprint density at radius 2 is 2.40 bits per heavy atom. The van der Waals surface area contributed by atoms with Crippen LogP contribution in [-0.2, 0) is 11.2 Å². The Labute approximate surface area is 96.6 Å². The quantitative estimate of drug-likeness (QED) is 0.848. The third kappa shape index (κ3) is 3.23. The van der Waals surface area contributed by atoms with Crippen molar-refractivity contribution >= 4 is 12.4 Å². The van der Waals surface area contributed by atoms with Crippen molar-refractivity contribution in [3.63, 3.8) is 0 Å². The summed E-state index contributed by atoms with van der Waals surface area (Å²) < 4.78 is 11.1. The van der Waals surface area contributed by atoms with Gasteiger partial charge in [-0.3, -0.25) is 5.32 Å². The summed E-state index contributed by atoms with van der Waals surface area (Å²) in [7, 11) is 0. The first-order chi connectivity index (χ1) is 6.68. The highest BCUT2D eigenvalue weighted by atomic mass is 35.5.